The number of carbonyl (C=O) groups excluding carboxylic acids is 2. The summed E-state index contributed by atoms with van der Waals surface area (Å²) in [4.78, 5) is 31.9. The second-order valence-corrected chi connectivity index (χ2v) is 9.25. The molecule has 1 fully saturated rings. The lowest BCUT2D eigenvalue weighted by atomic mass is 9.75. The predicted molar refractivity (Wildman–Crippen MR) is 131 cm³/mol. The molecule has 0 unspecified atom stereocenters. The molecule has 3 atom stereocenters. The van der Waals surface area contributed by atoms with Crippen molar-refractivity contribution in [3.8, 4) is 0 Å². The van der Waals surface area contributed by atoms with Crippen LogP contribution in [0.3, 0.4) is 0 Å². The summed E-state index contributed by atoms with van der Waals surface area (Å²) in [6, 6.07) is 19.5. The molecule has 1 saturated carbocycles. The number of aliphatic imine (C=N–C) groups is 1. The van der Waals surface area contributed by atoms with E-state index in [9.17, 15) is 9.59 Å². The minimum Gasteiger partial charge on any atom is -0.369 e. The van der Waals surface area contributed by atoms with E-state index in [1.807, 2.05) is 48.5 Å². The van der Waals surface area contributed by atoms with Gasteiger partial charge in [0, 0.05) is 18.8 Å². The van der Waals surface area contributed by atoms with Gasteiger partial charge < -0.3 is 16.4 Å². The van der Waals surface area contributed by atoms with Crippen LogP contribution in [0.2, 0.25) is 0 Å². The van der Waals surface area contributed by atoms with E-state index in [0.717, 1.165) is 37.8 Å². The van der Waals surface area contributed by atoms with Crippen LogP contribution in [0.4, 0.5) is 10.5 Å². The number of nitrogens with one attached hydrogen (secondary N) is 2. The van der Waals surface area contributed by atoms with Crippen molar-refractivity contribution < 1.29 is 9.59 Å². The van der Waals surface area contributed by atoms with E-state index in [4.69, 9.17) is 10.7 Å². The maximum Gasteiger partial charge on any atom is 0.319 e. The van der Waals surface area contributed by atoms with Crippen molar-refractivity contribution in [1.82, 2.24) is 10.2 Å². The van der Waals surface area contributed by atoms with E-state index in [2.05, 4.69) is 22.8 Å². The number of likely N-dealkylation sites (N-methyl/N-ethyl adjacent to an activating group) is 1. The molecule has 33 heavy (non-hydrogen) atoms. The van der Waals surface area contributed by atoms with Crippen LogP contribution in [0.25, 0.3) is 0 Å². The standard InChI is InChI=1S/C26H33N5O2/c1-31-23(32)26(30-24(31)27,16-15-19-9-4-2-5-10-19)18-20-11-8-14-22(17-20)29-25(33)28-21-12-6-3-7-13-21/h2-7,9-10,12-13,20,22H,8,11,14-18H2,1H3,(H2,27,30)(H2,28,29,33)/t20-,22+,26+/m0/s1. The van der Waals surface area contributed by atoms with Crippen molar-refractivity contribution in [1.29, 1.82) is 0 Å². The molecule has 0 bridgehead atoms. The number of nitrogens with zero attached hydrogens (tertiary/aromatic N) is 2. The molecule has 3 amide bonds. The number of urea groups is 1. The zero-order chi connectivity index (χ0) is 23.3. The van der Waals surface area contributed by atoms with E-state index in [0.29, 0.717) is 24.7 Å². The van der Waals surface area contributed by atoms with Gasteiger partial charge in [0.25, 0.3) is 5.91 Å². The minimum atomic E-state index is -0.826. The first-order chi connectivity index (χ1) is 15.9. The van der Waals surface area contributed by atoms with Gasteiger partial charge in [0.05, 0.1) is 0 Å². The fourth-order valence-electron chi connectivity index (χ4n) is 5.11. The molecule has 174 valence electrons. The maximum absolute atomic E-state index is 13.2. The van der Waals surface area contributed by atoms with Gasteiger partial charge in [-0.15, -0.1) is 0 Å². The summed E-state index contributed by atoms with van der Waals surface area (Å²) in [5.74, 6) is 0.567. The van der Waals surface area contributed by atoms with Crippen molar-refractivity contribution in [3.63, 3.8) is 0 Å². The van der Waals surface area contributed by atoms with Crippen molar-refractivity contribution in [2.24, 2.45) is 16.6 Å². The Bertz CT molecular complexity index is 994. The van der Waals surface area contributed by atoms with E-state index >= 15 is 0 Å². The number of benzene rings is 2. The average molecular weight is 448 g/mol. The third kappa shape index (κ3) is 5.53. The van der Waals surface area contributed by atoms with Crippen molar-refractivity contribution in [3.05, 3.63) is 66.2 Å². The monoisotopic (exact) mass is 447 g/mol. The van der Waals surface area contributed by atoms with Gasteiger partial charge >= 0.3 is 6.03 Å². The third-order valence-corrected chi connectivity index (χ3v) is 6.82. The van der Waals surface area contributed by atoms with E-state index < -0.39 is 5.54 Å². The molecular weight excluding hydrogens is 414 g/mol. The lowest BCUT2D eigenvalue weighted by Gasteiger charge is -2.34. The largest absolute Gasteiger partial charge is 0.369 e. The molecule has 2 aromatic carbocycles. The topological polar surface area (TPSA) is 99.8 Å². The fraction of sp³-hybridized carbons (Fsp3) is 0.423. The number of aryl methyl sites for hydroxylation is 1. The molecule has 0 aromatic heterocycles. The van der Waals surface area contributed by atoms with Gasteiger partial charge in [-0.1, -0.05) is 61.4 Å². The van der Waals surface area contributed by atoms with Crippen LogP contribution in [0.5, 0.6) is 0 Å². The molecule has 2 aliphatic rings. The molecule has 1 aliphatic carbocycles. The van der Waals surface area contributed by atoms with Crippen molar-refractivity contribution in [2.45, 2.75) is 56.5 Å². The second kappa shape index (κ2) is 10.1. The van der Waals surface area contributed by atoms with E-state index in [1.54, 1.807) is 7.05 Å². The average Bonchev–Trinajstić information content (AvgIpc) is 3.03. The zero-order valence-corrected chi connectivity index (χ0v) is 19.2. The summed E-state index contributed by atoms with van der Waals surface area (Å²) in [7, 11) is 1.70. The Morgan fingerprint density at radius 3 is 2.48 bits per heavy atom. The molecule has 7 nitrogen and oxygen atoms in total. The van der Waals surface area contributed by atoms with Crippen molar-refractivity contribution in [2.75, 3.05) is 12.4 Å². The SMILES string of the molecule is CN1C(=O)[C@@](CCc2ccccc2)(C[C@H]2CCC[C@@H](NC(=O)Nc3ccccc3)C2)N=C1N. The molecule has 0 radical (unpaired) electrons. The van der Waals surface area contributed by atoms with Crippen LogP contribution in [-0.2, 0) is 11.2 Å². The Labute approximate surface area is 195 Å². The summed E-state index contributed by atoms with van der Waals surface area (Å²) in [6.07, 6.45) is 5.87. The van der Waals surface area contributed by atoms with Gasteiger partial charge in [0.2, 0.25) is 0 Å². The number of rotatable bonds is 7. The van der Waals surface area contributed by atoms with Crippen LogP contribution >= 0.6 is 0 Å². The number of anilines is 1. The molecule has 0 saturated heterocycles. The van der Waals surface area contributed by atoms with Gasteiger partial charge in [-0.2, -0.15) is 0 Å². The van der Waals surface area contributed by atoms with Crippen LogP contribution in [-0.4, -0.2) is 41.4 Å². The minimum absolute atomic E-state index is 0.0205. The number of nitrogens with two attached hydrogens (primary N) is 1. The normalized spacial score (nSPS) is 24.9. The molecule has 1 aliphatic heterocycles. The maximum atomic E-state index is 13.2. The highest BCUT2D eigenvalue weighted by Gasteiger charge is 2.47. The van der Waals surface area contributed by atoms with Crippen LogP contribution in [0, 0.1) is 5.92 Å². The highest BCUT2D eigenvalue weighted by Crippen LogP contribution is 2.38. The summed E-state index contributed by atoms with van der Waals surface area (Å²) in [5.41, 5.74) is 7.21. The lowest BCUT2D eigenvalue weighted by molar-refractivity contribution is -0.131. The van der Waals surface area contributed by atoms with Gasteiger partial charge in [-0.05, 0) is 55.7 Å². The van der Waals surface area contributed by atoms with Crippen LogP contribution in [0.1, 0.15) is 44.1 Å². The highest BCUT2D eigenvalue weighted by molar-refractivity contribution is 6.06. The second-order valence-electron chi connectivity index (χ2n) is 9.25. The fourth-order valence-corrected chi connectivity index (χ4v) is 5.11. The first kappa shape index (κ1) is 22.8. The molecule has 0 spiro atoms. The van der Waals surface area contributed by atoms with Crippen LogP contribution < -0.4 is 16.4 Å². The number of hydrogen-bond acceptors (Lipinski definition) is 4. The molecular formula is C26H33N5O2. The number of amides is 3. The number of hydrogen-bond donors (Lipinski definition) is 3. The first-order valence-corrected chi connectivity index (χ1v) is 11.8. The Morgan fingerprint density at radius 2 is 1.82 bits per heavy atom. The first-order valence-electron chi connectivity index (χ1n) is 11.8. The van der Waals surface area contributed by atoms with Crippen molar-refractivity contribution >= 4 is 23.6 Å². The molecule has 4 N–H and O–H groups in total. The molecule has 7 heteroatoms. The molecule has 1 heterocycles. The smallest absolute Gasteiger partial charge is 0.319 e. The van der Waals surface area contributed by atoms with Gasteiger partial charge in [-0.25, -0.2) is 9.79 Å². The van der Waals surface area contributed by atoms with Gasteiger partial charge in [0.1, 0.15) is 5.54 Å². The zero-order valence-electron chi connectivity index (χ0n) is 19.2. The Kier molecular flexibility index (Phi) is 6.96. The van der Waals surface area contributed by atoms with E-state index in [1.165, 1.54) is 10.5 Å². The van der Waals surface area contributed by atoms with Gasteiger partial charge in [0.15, 0.2) is 5.96 Å². The Balaban J connectivity index is 1.40. The summed E-state index contributed by atoms with van der Waals surface area (Å²) in [6.45, 7) is 0. The number of guanidine groups is 1. The quantitative estimate of drug-likeness (QED) is 0.600. The third-order valence-electron chi connectivity index (χ3n) is 6.82. The molecule has 4 rings (SSSR count). The van der Waals surface area contributed by atoms with Gasteiger partial charge in [-0.3, -0.25) is 9.69 Å². The summed E-state index contributed by atoms with van der Waals surface area (Å²) in [5, 5.41) is 6.01. The Hall–Kier alpha value is -3.35. The number of carbonyl (C=O) groups is 2. The summed E-state index contributed by atoms with van der Waals surface area (Å²) < 4.78 is 0. The Morgan fingerprint density at radius 1 is 1.12 bits per heavy atom. The predicted octanol–water partition coefficient (Wildman–Crippen LogP) is 3.92. The molecule has 2 aromatic rings. The highest BCUT2D eigenvalue weighted by atomic mass is 16.2. The summed E-state index contributed by atoms with van der Waals surface area (Å²) >= 11 is 0. The lowest BCUT2D eigenvalue weighted by Crippen LogP contribution is -2.45. The number of para-hydroxylation sites is 1. The van der Waals surface area contributed by atoms with E-state index in [-0.39, 0.29) is 18.0 Å². The van der Waals surface area contributed by atoms with Crippen LogP contribution in [0.15, 0.2) is 65.7 Å².